The quantitative estimate of drug-likeness (QED) is 0.0440. The Hall–Kier alpha value is -2.79. The number of rotatable bonds is 25. The van der Waals surface area contributed by atoms with Crippen LogP contribution in [0.3, 0.4) is 0 Å². The van der Waals surface area contributed by atoms with Crippen molar-refractivity contribution in [3.63, 3.8) is 0 Å². The number of anilines is 1. The summed E-state index contributed by atoms with van der Waals surface area (Å²) in [5, 5.41) is 5.55. The van der Waals surface area contributed by atoms with Gasteiger partial charge in [-0.1, -0.05) is 148 Å². The first-order chi connectivity index (χ1) is 24.4. The van der Waals surface area contributed by atoms with Crippen LogP contribution < -0.4 is 10.6 Å². The number of unbranched alkanes of at least 4 members (excludes halogenated alkanes) is 10. The standard InChI is InChI=1S/C37H51Cl4N3O7/c1-2-3-4-5-6-7-8-9-10-11-15-19-30(24-34(46)50-27-37(39,40)41)51-35(47)31(43-36(48)44-32-23-22-29(38)25-42-32)20-16-21-33(45)49-26-28-17-13-12-14-18-28/h12-14,17-18,22-23,25,30-31H,2-11,15-16,19-21,24,26-27H2,1H3,(H2,42,43,44,48)/t30-,31-/m0/s1. The molecule has 0 unspecified atom stereocenters. The van der Waals surface area contributed by atoms with Gasteiger partial charge in [-0.3, -0.25) is 14.9 Å². The molecule has 0 aliphatic carbocycles. The van der Waals surface area contributed by atoms with Gasteiger partial charge in [0.05, 0.1) is 11.4 Å². The van der Waals surface area contributed by atoms with Crippen LogP contribution in [0.5, 0.6) is 0 Å². The Morgan fingerprint density at radius 3 is 2.04 bits per heavy atom. The lowest BCUT2D eigenvalue weighted by Gasteiger charge is -2.23. The van der Waals surface area contributed by atoms with Crippen LogP contribution in [0, 0.1) is 0 Å². The van der Waals surface area contributed by atoms with E-state index in [1.54, 1.807) is 6.07 Å². The lowest BCUT2D eigenvalue weighted by molar-refractivity contribution is -0.157. The van der Waals surface area contributed by atoms with Crippen molar-refractivity contribution in [1.29, 1.82) is 0 Å². The third-order valence-electron chi connectivity index (χ3n) is 7.88. The van der Waals surface area contributed by atoms with Crippen LogP contribution in [0.1, 0.15) is 115 Å². The van der Waals surface area contributed by atoms with E-state index >= 15 is 0 Å². The summed E-state index contributed by atoms with van der Waals surface area (Å²) in [6.07, 6.45) is 13.4. The highest BCUT2D eigenvalue weighted by Gasteiger charge is 2.28. The van der Waals surface area contributed by atoms with Gasteiger partial charge in [-0.25, -0.2) is 14.6 Å². The Kier molecular flexibility index (Phi) is 22.7. The fraction of sp³-hybridized carbons (Fsp3) is 0.595. The van der Waals surface area contributed by atoms with Crippen molar-refractivity contribution in [3.05, 3.63) is 59.2 Å². The summed E-state index contributed by atoms with van der Waals surface area (Å²) in [7, 11) is 0. The van der Waals surface area contributed by atoms with E-state index in [-0.39, 0.29) is 38.1 Å². The highest BCUT2D eigenvalue weighted by Crippen LogP contribution is 2.26. The van der Waals surface area contributed by atoms with Crippen LogP contribution in [-0.4, -0.2) is 51.5 Å². The zero-order valence-electron chi connectivity index (χ0n) is 29.3. The van der Waals surface area contributed by atoms with Crippen molar-refractivity contribution in [1.82, 2.24) is 10.3 Å². The number of urea groups is 1. The van der Waals surface area contributed by atoms with Crippen LogP contribution in [0.15, 0.2) is 48.7 Å². The molecule has 1 aromatic carbocycles. The van der Waals surface area contributed by atoms with E-state index < -0.39 is 46.5 Å². The third-order valence-corrected chi connectivity index (χ3v) is 8.43. The van der Waals surface area contributed by atoms with Gasteiger partial charge in [-0.05, 0) is 43.4 Å². The van der Waals surface area contributed by atoms with Gasteiger partial charge in [0.1, 0.15) is 31.2 Å². The van der Waals surface area contributed by atoms with Crippen LogP contribution in [0.4, 0.5) is 10.6 Å². The summed E-state index contributed by atoms with van der Waals surface area (Å²) in [5.74, 6) is -1.71. The molecule has 0 saturated heterocycles. The maximum absolute atomic E-state index is 13.5. The van der Waals surface area contributed by atoms with Gasteiger partial charge in [0.2, 0.25) is 3.79 Å². The minimum Gasteiger partial charge on any atom is -0.461 e. The van der Waals surface area contributed by atoms with Gasteiger partial charge in [0.25, 0.3) is 0 Å². The number of ether oxygens (including phenoxy) is 3. The molecule has 0 bridgehead atoms. The summed E-state index contributed by atoms with van der Waals surface area (Å²) in [5.41, 5.74) is 0.845. The number of pyridine rings is 1. The van der Waals surface area contributed by atoms with E-state index in [2.05, 4.69) is 22.5 Å². The summed E-state index contributed by atoms with van der Waals surface area (Å²) in [6.45, 7) is 1.87. The summed E-state index contributed by atoms with van der Waals surface area (Å²) < 4.78 is 14.5. The minimum atomic E-state index is -1.79. The number of carbonyl (C=O) groups is 4. The molecule has 2 N–H and O–H groups in total. The Morgan fingerprint density at radius 1 is 0.784 bits per heavy atom. The van der Waals surface area contributed by atoms with Crippen LogP contribution >= 0.6 is 46.4 Å². The Balaban J connectivity index is 2.00. The SMILES string of the molecule is CCCCCCCCCCCCC[C@@H](CC(=O)OCC(Cl)(Cl)Cl)OC(=O)[C@H](CCCC(=O)OCc1ccccc1)NC(=O)Nc1ccc(Cl)cn1. The number of alkyl halides is 3. The molecule has 2 atom stereocenters. The second-order valence-electron chi connectivity index (χ2n) is 12.4. The minimum absolute atomic E-state index is 0.00414. The molecule has 284 valence electrons. The molecule has 10 nitrogen and oxygen atoms in total. The normalized spacial score (nSPS) is 12.4. The molecule has 14 heteroatoms. The van der Waals surface area contributed by atoms with Crippen molar-refractivity contribution in [2.75, 3.05) is 11.9 Å². The molecule has 0 aliphatic rings. The maximum Gasteiger partial charge on any atom is 0.328 e. The molecule has 2 rings (SSSR count). The Morgan fingerprint density at radius 2 is 1.43 bits per heavy atom. The van der Waals surface area contributed by atoms with Crippen molar-refractivity contribution in [2.45, 2.75) is 132 Å². The van der Waals surface area contributed by atoms with E-state index in [4.69, 9.17) is 60.6 Å². The van der Waals surface area contributed by atoms with E-state index in [0.29, 0.717) is 17.9 Å². The fourth-order valence-corrected chi connectivity index (χ4v) is 5.44. The molecule has 0 spiro atoms. The van der Waals surface area contributed by atoms with Crippen LogP contribution in [-0.2, 0) is 35.2 Å². The molecule has 0 fully saturated rings. The number of carbonyl (C=O) groups excluding carboxylic acids is 4. The molecule has 51 heavy (non-hydrogen) atoms. The smallest absolute Gasteiger partial charge is 0.328 e. The van der Waals surface area contributed by atoms with Gasteiger partial charge in [0.15, 0.2) is 0 Å². The van der Waals surface area contributed by atoms with Gasteiger partial charge >= 0.3 is 23.9 Å². The number of nitrogens with one attached hydrogen (secondary N) is 2. The number of esters is 3. The van der Waals surface area contributed by atoms with Gasteiger partial charge in [0, 0.05) is 12.6 Å². The van der Waals surface area contributed by atoms with E-state index in [1.807, 2.05) is 30.3 Å². The molecule has 0 radical (unpaired) electrons. The van der Waals surface area contributed by atoms with Crippen molar-refractivity contribution < 1.29 is 33.4 Å². The van der Waals surface area contributed by atoms with E-state index in [9.17, 15) is 19.2 Å². The number of aromatic nitrogens is 1. The van der Waals surface area contributed by atoms with Crippen molar-refractivity contribution >= 4 is 76.2 Å². The van der Waals surface area contributed by atoms with Crippen molar-refractivity contribution in [3.8, 4) is 0 Å². The lowest BCUT2D eigenvalue weighted by Crippen LogP contribution is -2.45. The second-order valence-corrected chi connectivity index (χ2v) is 15.4. The number of amides is 2. The summed E-state index contributed by atoms with van der Waals surface area (Å²) in [4.78, 5) is 55.5. The number of nitrogens with zero attached hydrogens (tertiary/aromatic N) is 1. The first-order valence-corrected chi connectivity index (χ1v) is 19.3. The summed E-state index contributed by atoms with van der Waals surface area (Å²) in [6, 6.07) is 10.4. The third kappa shape index (κ3) is 22.7. The van der Waals surface area contributed by atoms with Crippen molar-refractivity contribution in [2.24, 2.45) is 0 Å². The first kappa shape index (κ1) is 44.4. The first-order valence-electron chi connectivity index (χ1n) is 17.8. The molecule has 0 aliphatic heterocycles. The zero-order chi connectivity index (χ0) is 37.3. The van der Waals surface area contributed by atoms with Gasteiger partial charge in [-0.2, -0.15) is 0 Å². The highest BCUT2D eigenvalue weighted by atomic mass is 35.6. The van der Waals surface area contributed by atoms with Gasteiger partial charge < -0.3 is 19.5 Å². The van der Waals surface area contributed by atoms with Crippen LogP contribution in [0.2, 0.25) is 5.02 Å². The molecule has 2 aromatic rings. The topological polar surface area (TPSA) is 133 Å². The van der Waals surface area contributed by atoms with Crippen LogP contribution in [0.25, 0.3) is 0 Å². The maximum atomic E-state index is 13.5. The summed E-state index contributed by atoms with van der Waals surface area (Å²) >= 11 is 23.1. The molecular formula is C37H51Cl4N3O7. The average Bonchev–Trinajstić information content (AvgIpc) is 3.09. The monoisotopic (exact) mass is 789 g/mol. The number of hydrogen-bond donors (Lipinski definition) is 2. The molecule has 1 heterocycles. The molecule has 1 aromatic heterocycles. The number of benzene rings is 1. The number of halogens is 4. The highest BCUT2D eigenvalue weighted by molar-refractivity contribution is 6.67. The Bertz CT molecular complexity index is 1300. The predicted octanol–water partition coefficient (Wildman–Crippen LogP) is 10.1. The Labute approximate surface area is 321 Å². The predicted molar refractivity (Wildman–Crippen MR) is 202 cm³/mol. The molecular weight excluding hydrogens is 740 g/mol. The molecule has 0 saturated carbocycles. The lowest BCUT2D eigenvalue weighted by atomic mass is 10.0. The largest absolute Gasteiger partial charge is 0.461 e. The zero-order valence-corrected chi connectivity index (χ0v) is 32.3. The second kappa shape index (κ2) is 26.0. The van der Waals surface area contributed by atoms with E-state index in [0.717, 1.165) is 24.8 Å². The fourth-order valence-electron chi connectivity index (χ4n) is 5.16. The van der Waals surface area contributed by atoms with Gasteiger partial charge in [-0.15, -0.1) is 0 Å². The molecule has 2 amide bonds. The average molecular weight is 792 g/mol. The number of hydrogen-bond acceptors (Lipinski definition) is 8. The van der Waals surface area contributed by atoms with E-state index in [1.165, 1.54) is 57.2 Å².